The third-order valence-corrected chi connectivity index (χ3v) is 2.20. The third-order valence-electron chi connectivity index (χ3n) is 2.20. The van der Waals surface area contributed by atoms with Crippen LogP contribution in [0.2, 0.25) is 0 Å². The van der Waals surface area contributed by atoms with Gasteiger partial charge in [0.15, 0.2) is 0 Å². The summed E-state index contributed by atoms with van der Waals surface area (Å²) in [5.74, 6) is 0.505. The molecule has 4 nitrogen and oxygen atoms in total. The summed E-state index contributed by atoms with van der Waals surface area (Å²) in [5, 5.41) is 11.4. The van der Waals surface area contributed by atoms with Crippen LogP contribution in [-0.2, 0) is 4.79 Å². The Morgan fingerprint density at radius 1 is 1.43 bits per heavy atom. The highest BCUT2D eigenvalue weighted by atomic mass is 16.3. The van der Waals surface area contributed by atoms with Gasteiger partial charge in [0.05, 0.1) is 6.61 Å². The zero-order chi connectivity index (χ0) is 11.0. The zero-order valence-corrected chi connectivity index (χ0v) is 9.12. The standard InChI is InChI=1S/C10H22N2O2/c1-8(5-6-11)3-4-10(14)12-9(2)7-13/h8-9,13H,3-7,11H2,1-2H3,(H,12,14)/t8?,9-/m0/s1. The number of hydrogen-bond acceptors (Lipinski definition) is 3. The molecule has 0 radical (unpaired) electrons. The Balaban J connectivity index is 3.53. The summed E-state index contributed by atoms with van der Waals surface area (Å²) in [6.07, 6.45) is 2.34. The highest BCUT2D eigenvalue weighted by Gasteiger charge is 2.08. The van der Waals surface area contributed by atoms with Gasteiger partial charge in [-0.15, -0.1) is 0 Å². The lowest BCUT2D eigenvalue weighted by molar-refractivity contribution is -0.122. The van der Waals surface area contributed by atoms with Crippen LogP contribution in [0.25, 0.3) is 0 Å². The van der Waals surface area contributed by atoms with E-state index in [-0.39, 0.29) is 18.6 Å². The smallest absolute Gasteiger partial charge is 0.220 e. The number of nitrogens with two attached hydrogens (primary N) is 1. The third kappa shape index (κ3) is 6.86. The topological polar surface area (TPSA) is 75.4 Å². The van der Waals surface area contributed by atoms with E-state index in [4.69, 9.17) is 10.8 Å². The van der Waals surface area contributed by atoms with Gasteiger partial charge in [-0.25, -0.2) is 0 Å². The van der Waals surface area contributed by atoms with Crippen molar-refractivity contribution >= 4 is 5.91 Å². The summed E-state index contributed by atoms with van der Waals surface area (Å²) in [6, 6.07) is -0.146. The van der Waals surface area contributed by atoms with Crippen molar-refractivity contribution in [2.45, 2.75) is 39.2 Å². The fourth-order valence-corrected chi connectivity index (χ4v) is 1.20. The number of nitrogens with one attached hydrogen (secondary N) is 1. The highest BCUT2D eigenvalue weighted by molar-refractivity contribution is 5.76. The fraction of sp³-hybridized carbons (Fsp3) is 0.900. The first-order chi connectivity index (χ1) is 6.60. The van der Waals surface area contributed by atoms with Crippen LogP contribution in [0.3, 0.4) is 0 Å². The van der Waals surface area contributed by atoms with E-state index in [1.165, 1.54) is 0 Å². The molecule has 0 saturated heterocycles. The lowest BCUT2D eigenvalue weighted by atomic mass is 10.0. The molecule has 0 aromatic carbocycles. The Morgan fingerprint density at radius 3 is 2.57 bits per heavy atom. The average molecular weight is 202 g/mol. The van der Waals surface area contributed by atoms with Crippen molar-refractivity contribution in [1.82, 2.24) is 5.32 Å². The summed E-state index contributed by atoms with van der Waals surface area (Å²) < 4.78 is 0. The molecule has 1 amide bonds. The summed E-state index contributed by atoms with van der Waals surface area (Å²) in [4.78, 5) is 11.3. The van der Waals surface area contributed by atoms with Gasteiger partial charge in [-0.3, -0.25) is 4.79 Å². The number of rotatable bonds is 7. The molecule has 4 N–H and O–H groups in total. The summed E-state index contributed by atoms with van der Waals surface area (Å²) in [7, 11) is 0. The van der Waals surface area contributed by atoms with Gasteiger partial charge in [-0.2, -0.15) is 0 Å². The minimum absolute atomic E-state index is 0.00965. The second-order valence-corrected chi connectivity index (χ2v) is 3.87. The summed E-state index contributed by atoms with van der Waals surface area (Å²) in [5.41, 5.74) is 5.40. The van der Waals surface area contributed by atoms with Crippen LogP contribution in [-0.4, -0.2) is 30.2 Å². The van der Waals surface area contributed by atoms with Gasteiger partial charge < -0.3 is 16.2 Å². The summed E-state index contributed by atoms with van der Waals surface area (Å²) >= 11 is 0. The number of carbonyl (C=O) groups is 1. The molecule has 0 aliphatic heterocycles. The van der Waals surface area contributed by atoms with Crippen molar-refractivity contribution in [3.63, 3.8) is 0 Å². The molecule has 0 aliphatic carbocycles. The Morgan fingerprint density at radius 2 is 2.07 bits per heavy atom. The zero-order valence-electron chi connectivity index (χ0n) is 9.12. The van der Waals surface area contributed by atoms with Crippen molar-refractivity contribution < 1.29 is 9.90 Å². The monoisotopic (exact) mass is 202 g/mol. The SMILES string of the molecule is CC(CCN)CCC(=O)N[C@@H](C)CO. The highest BCUT2D eigenvalue weighted by Crippen LogP contribution is 2.08. The van der Waals surface area contributed by atoms with Gasteiger partial charge in [0.25, 0.3) is 0 Å². The van der Waals surface area contributed by atoms with E-state index >= 15 is 0 Å². The van der Waals surface area contributed by atoms with Gasteiger partial charge >= 0.3 is 0 Å². The molecule has 0 aliphatic rings. The number of aliphatic hydroxyl groups is 1. The molecule has 2 atom stereocenters. The van der Waals surface area contributed by atoms with Gasteiger partial charge in [0, 0.05) is 12.5 Å². The van der Waals surface area contributed by atoms with Crippen LogP contribution in [0.15, 0.2) is 0 Å². The Labute approximate surface area is 85.9 Å². The van der Waals surface area contributed by atoms with Crippen LogP contribution >= 0.6 is 0 Å². The predicted molar refractivity (Wildman–Crippen MR) is 56.8 cm³/mol. The molecular weight excluding hydrogens is 180 g/mol. The maximum absolute atomic E-state index is 11.3. The molecule has 0 spiro atoms. The molecule has 0 rings (SSSR count). The second-order valence-electron chi connectivity index (χ2n) is 3.87. The molecule has 0 heterocycles. The van der Waals surface area contributed by atoms with Crippen LogP contribution in [0.1, 0.15) is 33.1 Å². The predicted octanol–water partition coefficient (Wildman–Crippen LogP) is 0.249. The Bertz CT molecular complexity index is 162. The van der Waals surface area contributed by atoms with Gasteiger partial charge in [-0.05, 0) is 32.2 Å². The van der Waals surface area contributed by atoms with Crippen molar-refractivity contribution in [2.24, 2.45) is 11.7 Å². The Hall–Kier alpha value is -0.610. The largest absolute Gasteiger partial charge is 0.394 e. The number of carbonyl (C=O) groups excluding carboxylic acids is 1. The van der Waals surface area contributed by atoms with E-state index < -0.39 is 0 Å². The second kappa shape index (κ2) is 7.76. The first kappa shape index (κ1) is 13.4. The lowest BCUT2D eigenvalue weighted by Gasteiger charge is -2.12. The molecule has 84 valence electrons. The van der Waals surface area contributed by atoms with Crippen LogP contribution < -0.4 is 11.1 Å². The van der Waals surface area contributed by atoms with E-state index in [1.54, 1.807) is 6.92 Å². The normalized spacial score (nSPS) is 14.9. The minimum Gasteiger partial charge on any atom is -0.394 e. The molecule has 0 saturated carbocycles. The van der Waals surface area contributed by atoms with Gasteiger partial charge in [-0.1, -0.05) is 6.92 Å². The van der Waals surface area contributed by atoms with Crippen molar-refractivity contribution in [1.29, 1.82) is 0 Å². The molecule has 4 heteroatoms. The number of aliphatic hydroxyl groups excluding tert-OH is 1. The molecule has 0 aromatic heterocycles. The fourth-order valence-electron chi connectivity index (χ4n) is 1.20. The van der Waals surface area contributed by atoms with Gasteiger partial charge in [0.1, 0.15) is 0 Å². The van der Waals surface area contributed by atoms with Crippen LogP contribution in [0, 0.1) is 5.92 Å². The molecule has 0 bridgehead atoms. The Kier molecular flexibility index (Phi) is 7.42. The maximum Gasteiger partial charge on any atom is 0.220 e. The van der Waals surface area contributed by atoms with Crippen molar-refractivity contribution in [3.8, 4) is 0 Å². The first-order valence-electron chi connectivity index (χ1n) is 5.20. The minimum atomic E-state index is -0.146. The number of amides is 1. The number of hydrogen-bond donors (Lipinski definition) is 3. The quantitative estimate of drug-likeness (QED) is 0.554. The van der Waals surface area contributed by atoms with Crippen LogP contribution in [0.4, 0.5) is 0 Å². The van der Waals surface area contributed by atoms with E-state index in [0.29, 0.717) is 18.9 Å². The molecule has 0 aromatic rings. The first-order valence-corrected chi connectivity index (χ1v) is 5.20. The maximum atomic E-state index is 11.3. The molecule has 1 unspecified atom stereocenters. The van der Waals surface area contributed by atoms with E-state index in [2.05, 4.69) is 12.2 Å². The molecule has 14 heavy (non-hydrogen) atoms. The van der Waals surface area contributed by atoms with E-state index in [0.717, 1.165) is 12.8 Å². The van der Waals surface area contributed by atoms with Crippen molar-refractivity contribution in [2.75, 3.05) is 13.2 Å². The summed E-state index contributed by atoms with van der Waals surface area (Å²) in [6.45, 7) is 4.54. The molecular formula is C10H22N2O2. The van der Waals surface area contributed by atoms with Crippen molar-refractivity contribution in [3.05, 3.63) is 0 Å². The molecule has 0 fully saturated rings. The van der Waals surface area contributed by atoms with Crippen LogP contribution in [0.5, 0.6) is 0 Å². The lowest BCUT2D eigenvalue weighted by Crippen LogP contribution is -2.35. The average Bonchev–Trinajstić information content (AvgIpc) is 2.15. The van der Waals surface area contributed by atoms with E-state index in [9.17, 15) is 4.79 Å². The van der Waals surface area contributed by atoms with E-state index in [1.807, 2.05) is 0 Å². The van der Waals surface area contributed by atoms with Gasteiger partial charge in [0.2, 0.25) is 5.91 Å².